The molecule has 158 valence electrons. The number of aryl methyl sites for hydroxylation is 1. The van der Waals surface area contributed by atoms with Crippen LogP contribution in [0.1, 0.15) is 36.1 Å². The monoisotopic (exact) mass is 413 g/mol. The smallest absolute Gasteiger partial charge is 0.339 e. The van der Waals surface area contributed by atoms with E-state index >= 15 is 0 Å². The molecule has 30 heavy (non-hydrogen) atoms. The van der Waals surface area contributed by atoms with E-state index in [2.05, 4.69) is 5.32 Å². The van der Waals surface area contributed by atoms with Crippen LogP contribution in [0, 0.1) is 12.7 Å². The number of fused-ring (bicyclic) bond motifs is 1. The van der Waals surface area contributed by atoms with E-state index < -0.39 is 11.4 Å². The molecule has 0 radical (unpaired) electrons. The summed E-state index contributed by atoms with van der Waals surface area (Å²) >= 11 is 0. The van der Waals surface area contributed by atoms with Crippen molar-refractivity contribution < 1.29 is 23.1 Å². The van der Waals surface area contributed by atoms with Crippen LogP contribution in [-0.4, -0.2) is 20.1 Å². The Hall–Kier alpha value is -3.35. The van der Waals surface area contributed by atoms with Crippen molar-refractivity contribution in [1.82, 2.24) is 5.32 Å². The molecule has 7 heteroatoms. The predicted molar refractivity (Wildman–Crippen MR) is 112 cm³/mol. The number of benzene rings is 2. The van der Waals surface area contributed by atoms with E-state index in [1.54, 1.807) is 32.2 Å². The number of hydrogen-bond donors (Lipinski definition) is 1. The molecule has 2 aromatic carbocycles. The van der Waals surface area contributed by atoms with Crippen molar-refractivity contribution in [2.45, 2.75) is 32.7 Å². The molecule has 1 N–H and O–H groups in total. The molecule has 1 amide bonds. The fraction of sp³-hybridized carbons (Fsp3) is 0.304. The normalized spacial score (nSPS) is 11.9. The first kappa shape index (κ1) is 21.4. The lowest BCUT2D eigenvalue weighted by molar-refractivity contribution is -0.121. The average molecular weight is 413 g/mol. The van der Waals surface area contributed by atoms with E-state index in [-0.39, 0.29) is 30.5 Å². The Morgan fingerprint density at radius 3 is 2.60 bits per heavy atom. The summed E-state index contributed by atoms with van der Waals surface area (Å²) in [6, 6.07) is 9.45. The first-order valence-corrected chi connectivity index (χ1v) is 9.57. The second kappa shape index (κ2) is 8.98. The minimum atomic E-state index is -0.489. The zero-order valence-corrected chi connectivity index (χ0v) is 17.4. The second-order valence-corrected chi connectivity index (χ2v) is 7.04. The summed E-state index contributed by atoms with van der Waals surface area (Å²) in [5, 5.41) is 3.63. The number of methoxy groups -OCH3 is 2. The Bertz CT molecular complexity index is 1140. The van der Waals surface area contributed by atoms with Crippen molar-refractivity contribution in [3.8, 4) is 11.5 Å². The van der Waals surface area contributed by atoms with E-state index in [0.717, 1.165) is 10.9 Å². The molecule has 0 saturated heterocycles. The van der Waals surface area contributed by atoms with Gasteiger partial charge in [-0.2, -0.15) is 0 Å². The fourth-order valence-corrected chi connectivity index (χ4v) is 3.38. The maximum absolute atomic E-state index is 13.9. The molecule has 0 unspecified atom stereocenters. The standard InChI is InChI=1S/C23H24FNO5/c1-13-17-7-6-16(28-3)12-21(17)30-23(27)18(13)8-10-22(26)25-14(2)15-5-9-20(29-4)19(24)11-15/h5-7,9,11-12,14H,8,10H2,1-4H3,(H,25,26)/t14-/m0/s1. The summed E-state index contributed by atoms with van der Waals surface area (Å²) in [5.41, 5.74) is 1.84. The Morgan fingerprint density at radius 2 is 1.93 bits per heavy atom. The number of amides is 1. The van der Waals surface area contributed by atoms with Gasteiger partial charge in [-0.25, -0.2) is 9.18 Å². The molecule has 0 fully saturated rings. The van der Waals surface area contributed by atoms with Gasteiger partial charge in [-0.05, 0) is 55.7 Å². The van der Waals surface area contributed by atoms with Gasteiger partial charge in [0.2, 0.25) is 5.91 Å². The highest BCUT2D eigenvalue weighted by molar-refractivity contribution is 5.82. The highest BCUT2D eigenvalue weighted by atomic mass is 19.1. The topological polar surface area (TPSA) is 77.8 Å². The van der Waals surface area contributed by atoms with Crippen LogP contribution >= 0.6 is 0 Å². The minimum Gasteiger partial charge on any atom is -0.497 e. The summed E-state index contributed by atoms with van der Waals surface area (Å²) in [5.74, 6) is 0.0130. The molecule has 0 saturated carbocycles. The summed E-state index contributed by atoms with van der Waals surface area (Å²) < 4.78 is 29.4. The van der Waals surface area contributed by atoms with E-state index in [4.69, 9.17) is 13.9 Å². The van der Waals surface area contributed by atoms with Crippen LogP contribution in [0.3, 0.4) is 0 Å². The average Bonchev–Trinajstić information content (AvgIpc) is 2.72. The van der Waals surface area contributed by atoms with Crippen LogP contribution in [0.2, 0.25) is 0 Å². The Kier molecular flexibility index (Phi) is 6.40. The van der Waals surface area contributed by atoms with Crippen LogP contribution in [0.25, 0.3) is 11.0 Å². The molecule has 3 rings (SSSR count). The highest BCUT2D eigenvalue weighted by Crippen LogP contribution is 2.25. The zero-order chi connectivity index (χ0) is 21.8. The number of ether oxygens (including phenoxy) is 2. The lowest BCUT2D eigenvalue weighted by Crippen LogP contribution is -2.27. The van der Waals surface area contributed by atoms with Gasteiger partial charge in [-0.15, -0.1) is 0 Å². The SMILES string of the molecule is COc1ccc2c(C)c(CCC(=O)N[C@@H](C)c3ccc(OC)c(F)c3)c(=O)oc2c1. The van der Waals surface area contributed by atoms with Crippen LogP contribution in [0.5, 0.6) is 11.5 Å². The van der Waals surface area contributed by atoms with E-state index in [1.807, 2.05) is 13.0 Å². The van der Waals surface area contributed by atoms with E-state index in [0.29, 0.717) is 22.5 Å². The van der Waals surface area contributed by atoms with Crippen molar-refractivity contribution in [2.75, 3.05) is 14.2 Å². The first-order chi connectivity index (χ1) is 14.3. The largest absolute Gasteiger partial charge is 0.497 e. The summed E-state index contributed by atoms with van der Waals surface area (Å²) in [6.45, 7) is 3.60. The van der Waals surface area contributed by atoms with Crippen molar-refractivity contribution >= 4 is 16.9 Å². The molecule has 0 aliphatic rings. The molecule has 1 heterocycles. The van der Waals surface area contributed by atoms with Crippen LogP contribution in [-0.2, 0) is 11.2 Å². The fourth-order valence-electron chi connectivity index (χ4n) is 3.38. The Morgan fingerprint density at radius 1 is 1.17 bits per heavy atom. The second-order valence-electron chi connectivity index (χ2n) is 7.04. The van der Waals surface area contributed by atoms with Gasteiger partial charge in [0.15, 0.2) is 11.6 Å². The van der Waals surface area contributed by atoms with Gasteiger partial charge in [0, 0.05) is 23.4 Å². The number of halogens is 1. The van der Waals surface area contributed by atoms with Crippen molar-refractivity contribution in [1.29, 1.82) is 0 Å². The quantitative estimate of drug-likeness (QED) is 0.591. The molecule has 0 bridgehead atoms. The van der Waals surface area contributed by atoms with E-state index in [9.17, 15) is 14.0 Å². The molecule has 0 aliphatic heterocycles. The third kappa shape index (κ3) is 4.45. The number of rotatable bonds is 7. The van der Waals surface area contributed by atoms with Crippen LogP contribution in [0.15, 0.2) is 45.6 Å². The van der Waals surface area contributed by atoms with Crippen LogP contribution in [0.4, 0.5) is 4.39 Å². The maximum Gasteiger partial charge on any atom is 0.339 e. The first-order valence-electron chi connectivity index (χ1n) is 9.57. The van der Waals surface area contributed by atoms with E-state index in [1.165, 1.54) is 19.2 Å². The predicted octanol–water partition coefficient (Wildman–Crippen LogP) is 4.07. The third-order valence-electron chi connectivity index (χ3n) is 5.15. The summed E-state index contributed by atoms with van der Waals surface area (Å²) in [4.78, 5) is 24.8. The Labute approximate surface area is 173 Å². The van der Waals surface area contributed by atoms with Crippen molar-refractivity contribution in [3.63, 3.8) is 0 Å². The molecule has 1 aromatic heterocycles. The minimum absolute atomic E-state index is 0.107. The van der Waals surface area contributed by atoms with Gasteiger partial charge in [0.25, 0.3) is 0 Å². The molecular formula is C23H24FNO5. The molecular weight excluding hydrogens is 389 g/mol. The van der Waals surface area contributed by atoms with Crippen molar-refractivity contribution in [3.05, 3.63) is 69.3 Å². The Balaban J connectivity index is 1.70. The van der Waals surface area contributed by atoms with Gasteiger partial charge in [-0.3, -0.25) is 4.79 Å². The number of carbonyl (C=O) groups is 1. The lowest BCUT2D eigenvalue weighted by Gasteiger charge is -2.15. The van der Waals surface area contributed by atoms with Gasteiger partial charge < -0.3 is 19.2 Å². The molecule has 1 atom stereocenters. The summed E-state index contributed by atoms with van der Waals surface area (Å²) in [7, 11) is 2.94. The van der Waals surface area contributed by atoms with Gasteiger partial charge in [0.1, 0.15) is 11.3 Å². The lowest BCUT2D eigenvalue weighted by atomic mass is 10.0. The third-order valence-corrected chi connectivity index (χ3v) is 5.15. The highest BCUT2D eigenvalue weighted by Gasteiger charge is 2.16. The van der Waals surface area contributed by atoms with Crippen molar-refractivity contribution in [2.24, 2.45) is 0 Å². The maximum atomic E-state index is 13.9. The van der Waals surface area contributed by atoms with Gasteiger partial charge in [0.05, 0.1) is 20.3 Å². The molecule has 0 spiro atoms. The van der Waals surface area contributed by atoms with Crippen LogP contribution < -0.4 is 20.4 Å². The molecule has 0 aliphatic carbocycles. The number of carbonyl (C=O) groups excluding carboxylic acids is 1. The molecule has 6 nitrogen and oxygen atoms in total. The number of nitrogens with one attached hydrogen (secondary N) is 1. The zero-order valence-electron chi connectivity index (χ0n) is 17.4. The van der Waals surface area contributed by atoms with Gasteiger partial charge >= 0.3 is 5.63 Å². The number of hydrogen-bond acceptors (Lipinski definition) is 5. The van der Waals surface area contributed by atoms with Gasteiger partial charge in [-0.1, -0.05) is 6.07 Å². The summed E-state index contributed by atoms with van der Waals surface area (Å²) in [6.07, 6.45) is 0.349. The molecule has 3 aromatic rings.